The number of rotatable bonds is 11. The normalized spacial score (nSPS) is 10.5. The number of carboxylic acid groups (broad SMARTS) is 1. The monoisotopic (exact) mass is 676 g/mol. The van der Waals surface area contributed by atoms with Crippen molar-refractivity contribution in [1.29, 1.82) is 0 Å². The number of ether oxygens (including phenoxy) is 6. The van der Waals surface area contributed by atoms with E-state index in [0.29, 0.717) is 45.1 Å². The van der Waals surface area contributed by atoms with Crippen LogP contribution in [0, 0.1) is 0 Å². The van der Waals surface area contributed by atoms with Gasteiger partial charge in [0.25, 0.3) is 5.56 Å². The number of anilines is 1. The molecule has 0 amide bonds. The first-order valence-electron chi connectivity index (χ1n) is 14.2. The first kappa shape index (κ1) is 35.0. The molecule has 1 heterocycles. The van der Waals surface area contributed by atoms with Crippen molar-refractivity contribution in [3.63, 3.8) is 0 Å². The van der Waals surface area contributed by atoms with E-state index < -0.39 is 17.5 Å². The smallest absolute Gasteiger partial charge is 0.355 e. The lowest BCUT2D eigenvalue weighted by Crippen LogP contribution is -2.27. The lowest BCUT2D eigenvalue weighted by Gasteiger charge is -2.22. The summed E-state index contributed by atoms with van der Waals surface area (Å²) in [5.74, 6) is -0.459. The Labute approximate surface area is 281 Å². The number of nitrogens with zero attached hydrogens (tertiary/aromatic N) is 1. The number of nitrogen functional groups attached to an aromatic ring is 1. The number of methoxy groups -OCH3 is 5. The summed E-state index contributed by atoms with van der Waals surface area (Å²) >= 11 is 0. The number of benzene rings is 4. The zero-order valence-corrected chi connectivity index (χ0v) is 27.5. The Morgan fingerprint density at radius 2 is 1.46 bits per heavy atom. The molecule has 4 aromatic carbocycles. The number of carbonyl (C=O) groups is 2. The highest BCUT2D eigenvalue weighted by molar-refractivity contribution is 6.10. The van der Waals surface area contributed by atoms with Crippen molar-refractivity contribution in [1.82, 2.24) is 4.57 Å². The van der Waals surface area contributed by atoms with Crippen LogP contribution in [0.1, 0.15) is 26.4 Å². The number of esters is 1. The molecule has 0 spiro atoms. The van der Waals surface area contributed by atoms with Crippen LogP contribution < -0.4 is 35.0 Å². The number of carbonyl (C=O) groups excluding carboxylic acids is 1. The molecule has 0 saturated heterocycles. The molecule has 5 aromatic rings. The summed E-state index contributed by atoms with van der Waals surface area (Å²) in [6, 6.07) is 19.2. The van der Waals surface area contributed by atoms with E-state index in [9.17, 15) is 19.5 Å². The molecule has 0 aliphatic rings. The number of fused-ring (bicyclic) bond motifs is 1. The zero-order chi connectivity index (χ0) is 33.8. The predicted molar refractivity (Wildman–Crippen MR) is 182 cm³/mol. The molecule has 0 unspecified atom stereocenters. The molecule has 48 heavy (non-hydrogen) atoms. The summed E-state index contributed by atoms with van der Waals surface area (Å²) in [4.78, 5) is 39.6. The van der Waals surface area contributed by atoms with E-state index in [1.54, 1.807) is 54.6 Å². The minimum atomic E-state index is -1.07. The van der Waals surface area contributed by atoms with Crippen LogP contribution in [0.5, 0.6) is 28.7 Å². The van der Waals surface area contributed by atoms with Gasteiger partial charge in [-0.1, -0.05) is 12.1 Å². The second-order valence-electron chi connectivity index (χ2n) is 10.2. The summed E-state index contributed by atoms with van der Waals surface area (Å²) in [7, 11) is 7.05. The van der Waals surface area contributed by atoms with E-state index in [0.717, 1.165) is 0 Å². The maximum atomic E-state index is 14.5. The minimum absolute atomic E-state index is 0. The van der Waals surface area contributed by atoms with Crippen LogP contribution in [0.25, 0.3) is 27.6 Å². The molecule has 0 fully saturated rings. The Bertz CT molecular complexity index is 2030. The second-order valence-corrected chi connectivity index (χ2v) is 10.2. The van der Waals surface area contributed by atoms with Gasteiger partial charge in [-0.2, -0.15) is 0 Å². The van der Waals surface area contributed by atoms with Gasteiger partial charge in [-0.3, -0.25) is 9.36 Å². The van der Waals surface area contributed by atoms with Gasteiger partial charge in [0.2, 0.25) is 5.75 Å². The van der Waals surface area contributed by atoms with Gasteiger partial charge < -0.3 is 39.3 Å². The summed E-state index contributed by atoms with van der Waals surface area (Å²) in [5.41, 5.74) is 7.49. The average molecular weight is 677 g/mol. The lowest BCUT2D eigenvalue weighted by molar-refractivity contribution is 0.0590. The van der Waals surface area contributed by atoms with Gasteiger partial charge in [-0.25, -0.2) is 9.59 Å². The molecule has 3 N–H and O–H groups in total. The van der Waals surface area contributed by atoms with Crippen molar-refractivity contribution in [2.24, 2.45) is 0 Å². The van der Waals surface area contributed by atoms with Crippen molar-refractivity contribution >= 4 is 40.8 Å². The van der Waals surface area contributed by atoms with Gasteiger partial charge in [0.05, 0.1) is 46.5 Å². The van der Waals surface area contributed by atoms with Gasteiger partial charge in [0, 0.05) is 28.4 Å². The third-order valence-electron chi connectivity index (χ3n) is 7.50. The SMILES string of the molecule is COC(=O)c1c(-c2cc(OC)c(OC)c(OC)c2)c2c(OC)cc(OCc3cccc(C(=O)O)c3)cc2c(=O)n1-c1ccc(N)cc1.Cl. The Morgan fingerprint density at radius 3 is 2.02 bits per heavy atom. The van der Waals surface area contributed by atoms with E-state index in [2.05, 4.69) is 0 Å². The third-order valence-corrected chi connectivity index (χ3v) is 7.50. The number of carboxylic acids is 1. The van der Waals surface area contributed by atoms with Crippen molar-refractivity contribution in [3.05, 3.63) is 100.0 Å². The molecule has 1 aromatic heterocycles. The van der Waals surface area contributed by atoms with Crippen LogP contribution in [-0.2, 0) is 11.3 Å². The highest BCUT2D eigenvalue weighted by Gasteiger charge is 2.29. The van der Waals surface area contributed by atoms with Crippen LogP contribution in [0.15, 0.2) is 77.6 Å². The molecular weight excluding hydrogens is 644 g/mol. The van der Waals surface area contributed by atoms with Crippen LogP contribution >= 0.6 is 12.4 Å². The van der Waals surface area contributed by atoms with Gasteiger partial charge in [-0.05, 0) is 65.7 Å². The second kappa shape index (κ2) is 14.7. The quantitative estimate of drug-likeness (QED) is 0.129. The lowest BCUT2D eigenvalue weighted by atomic mass is 9.94. The number of hydrogen-bond donors (Lipinski definition) is 2. The summed E-state index contributed by atoms with van der Waals surface area (Å²) < 4.78 is 35.1. The van der Waals surface area contributed by atoms with Gasteiger partial charge >= 0.3 is 11.9 Å². The Kier molecular flexibility index (Phi) is 10.7. The van der Waals surface area contributed by atoms with Crippen molar-refractivity contribution < 1.29 is 43.1 Å². The fourth-order valence-corrected chi connectivity index (χ4v) is 5.34. The van der Waals surface area contributed by atoms with Crippen molar-refractivity contribution in [2.75, 3.05) is 41.3 Å². The van der Waals surface area contributed by atoms with E-state index in [1.165, 1.54) is 58.3 Å². The van der Waals surface area contributed by atoms with Crippen LogP contribution in [0.4, 0.5) is 5.69 Å². The minimum Gasteiger partial charge on any atom is -0.496 e. The molecule has 0 radical (unpaired) electrons. The highest BCUT2D eigenvalue weighted by atomic mass is 35.5. The third kappa shape index (κ3) is 6.51. The van der Waals surface area contributed by atoms with Gasteiger partial charge in [-0.15, -0.1) is 12.4 Å². The molecule has 0 aliphatic heterocycles. The van der Waals surface area contributed by atoms with E-state index in [4.69, 9.17) is 34.2 Å². The Hall–Kier alpha value is -5.88. The maximum absolute atomic E-state index is 14.5. The topological polar surface area (TPSA) is 158 Å². The summed E-state index contributed by atoms with van der Waals surface area (Å²) in [6.45, 7) is 0.00190. The summed E-state index contributed by atoms with van der Waals surface area (Å²) in [5, 5.41) is 9.82. The molecular formula is C35H33ClN2O10. The molecule has 250 valence electrons. The van der Waals surface area contributed by atoms with Crippen LogP contribution in [0.3, 0.4) is 0 Å². The number of aromatic nitrogens is 1. The number of halogens is 1. The number of pyridine rings is 1. The molecule has 0 saturated carbocycles. The van der Waals surface area contributed by atoms with Gasteiger partial charge in [0.15, 0.2) is 11.5 Å². The number of nitrogens with two attached hydrogens (primary N) is 1. The Balaban J connectivity index is 0.00000520. The van der Waals surface area contributed by atoms with Crippen molar-refractivity contribution in [2.45, 2.75) is 6.61 Å². The largest absolute Gasteiger partial charge is 0.496 e. The predicted octanol–water partition coefficient (Wildman–Crippen LogP) is 5.76. The zero-order valence-electron chi connectivity index (χ0n) is 26.7. The number of aromatic carboxylic acids is 1. The van der Waals surface area contributed by atoms with E-state index in [1.807, 2.05) is 0 Å². The molecule has 12 nitrogen and oxygen atoms in total. The van der Waals surface area contributed by atoms with Crippen molar-refractivity contribution in [3.8, 4) is 45.6 Å². The van der Waals surface area contributed by atoms with Crippen LogP contribution in [0.2, 0.25) is 0 Å². The molecule has 0 aliphatic carbocycles. The summed E-state index contributed by atoms with van der Waals surface area (Å²) in [6.07, 6.45) is 0. The van der Waals surface area contributed by atoms with E-state index >= 15 is 0 Å². The van der Waals surface area contributed by atoms with Gasteiger partial charge in [0.1, 0.15) is 23.8 Å². The average Bonchev–Trinajstić information content (AvgIpc) is 3.09. The molecule has 13 heteroatoms. The molecule has 0 atom stereocenters. The fraction of sp³-hybridized carbons (Fsp3) is 0.171. The van der Waals surface area contributed by atoms with E-state index in [-0.39, 0.29) is 52.7 Å². The highest BCUT2D eigenvalue weighted by Crippen LogP contribution is 2.46. The Morgan fingerprint density at radius 1 is 0.812 bits per heavy atom. The first-order valence-corrected chi connectivity index (χ1v) is 14.2. The van der Waals surface area contributed by atoms with Crippen LogP contribution in [-0.4, -0.2) is 57.2 Å². The number of hydrogen-bond acceptors (Lipinski definition) is 10. The fourth-order valence-electron chi connectivity index (χ4n) is 5.34. The molecule has 0 bridgehead atoms. The first-order chi connectivity index (χ1) is 22.6. The molecule has 5 rings (SSSR count). The standard InChI is InChI=1S/C35H32N2O10.ClH/c1-42-26-17-24(47-18-19-7-6-8-20(13-19)34(39)40)16-25-30(26)29(21-14-27(43-2)32(45-4)28(15-21)44-3)31(35(41)46-5)37(33(25)38)23-11-9-22(36)10-12-23;/h6-17H,18,36H2,1-5H3,(H,39,40);1H. The maximum Gasteiger partial charge on any atom is 0.355 e.